The maximum Gasteiger partial charge on any atom is 0.327 e. The molecule has 0 aliphatic rings. The molecule has 0 radical (unpaired) electrons. The zero-order chi connectivity index (χ0) is 11.7. The molecular weight excluding hydrogens is 210 g/mol. The Morgan fingerprint density at radius 1 is 1.31 bits per heavy atom. The van der Waals surface area contributed by atoms with Gasteiger partial charge in [-0.3, -0.25) is 14.8 Å². The molecule has 16 heavy (non-hydrogen) atoms. The largest absolute Gasteiger partial charge is 0.336 e. The molecule has 0 saturated carbocycles. The van der Waals surface area contributed by atoms with Crippen molar-refractivity contribution in [3.05, 3.63) is 26.7 Å². The summed E-state index contributed by atoms with van der Waals surface area (Å²) >= 11 is 0. The van der Waals surface area contributed by atoms with E-state index in [0.29, 0.717) is 17.8 Å². The molecule has 0 saturated heterocycles. The molecule has 0 fully saturated rings. The summed E-state index contributed by atoms with van der Waals surface area (Å²) in [5.41, 5.74) is 5.18. The van der Waals surface area contributed by atoms with Crippen molar-refractivity contribution in [2.75, 3.05) is 0 Å². The van der Waals surface area contributed by atoms with Crippen LogP contribution < -0.4 is 17.0 Å². The zero-order valence-electron chi connectivity index (χ0n) is 8.83. The molecule has 0 aliphatic heterocycles. The van der Waals surface area contributed by atoms with Crippen molar-refractivity contribution in [2.45, 2.75) is 25.8 Å². The van der Waals surface area contributed by atoms with Gasteiger partial charge in [-0.1, -0.05) is 0 Å². The molecular formula is C9H13N5O2. The number of fused-ring (bicyclic) bond motifs is 1. The van der Waals surface area contributed by atoms with E-state index >= 15 is 0 Å². The molecule has 2 aromatic heterocycles. The molecule has 2 rings (SSSR count). The summed E-state index contributed by atoms with van der Waals surface area (Å²) in [5, 5.41) is 0. The minimum Gasteiger partial charge on any atom is -0.336 e. The number of nitrogens with zero attached hydrogens (tertiary/aromatic N) is 1. The van der Waals surface area contributed by atoms with Crippen molar-refractivity contribution < 1.29 is 0 Å². The fourth-order valence-corrected chi connectivity index (χ4v) is 1.46. The molecule has 0 aromatic carbocycles. The number of hydrogen-bond donors (Lipinski definition) is 4. The molecule has 0 amide bonds. The average Bonchev–Trinajstić information content (AvgIpc) is 2.57. The Hall–Kier alpha value is -1.89. The second-order valence-electron chi connectivity index (χ2n) is 3.83. The third kappa shape index (κ3) is 2.03. The number of nitrogens with one attached hydrogen (secondary N) is 3. The van der Waals surface area contributed by atoms with Crippen LogP contribution in [0.25, 0.3) is 11.2 Å². The van der Waals surface area contributed by atoms with Crippen molar-refractivity contribution in [1.29, 1.82) is 0 Å². The van der Waals surface area contributed by atoms with Crippen LogP contribution in [0.3, 0.4) is 0 Å². The van der Waals surface area contributed by atoms with Gasteiger partial charge in [-0.15, -0.1) is 0 Å². The first kappa shape index (κ1) is 10.6. The lowest BCUT2D eigenvalue weighted by Gasteiger charge is -2.00. The van der Waals surface area contributed by atoms with Crippen LogP contribution in [0.5, 0.6) is 0 Å². The molecule has 5 N–H and O–H groups in total. The second-order valence-corrected chi connectivity index (χ2v) is 3.83. The molecule has 86 valence electrons. The minimum absolute atomic E-state index is 0.0746. The van der Waals surface area contributed by atoms with Crippen molar-refractivity contribution in [3.63, 3.8) is 0 Å². The van der Waals surface area contributed by atoms with E-state index in [4.69, 9.17) is 5.73 Å². The van der Waals surface area contributed by atoms with Gasteiger partial charge in [-0.05, 0) is 13.3 Å². The fourth-order valence-electron chi connectivity index (χ4n) is 1.46. The Balaban J connectivity index is 2.40. The third-order valence-corrected chi connectivity index (χ3v) is 2.28. The highest BCUT2D eigenvalue weighted by molar-refractivity contribution is 5.68. The van der Waals surface area contributed by atoms with Crippen LogP contribution in [0.15, 0.2) is 9.59 Å². The van der Waals surface area contributed by atoms with Gasteiger partial charge < -0.3 is 10.7 Å². The van der Waals surface area contributed by atoms with E-state index in [2.05, 4.69) is 19.9 Å². The summed E-state index contributed by atoms with van der Waals surface area (Å²) in [7, 11) is 0. The number of rotatable bonds is 3. The van der Waals surface area contributed by atoms with E-state index in [-0.39, 0.29) is 11.7 Å². The molecule has 0 bridgehead atoms. The van der Waals surface area contributed by atoms with Crippen LogP contribution in [0.4, 0.5) is 0 Å². The van der Waals surface area contributed by atoms with E-state index in [0.717, 1.165) is 6.42 Å². The normalized spacial score (nSPS) is 13.1. The smallest absolute Gasteiger partial charge is 0.327 e. The molecule has 7 heteroatoms. The predicted molar refractivity (Wildman–Crippen MR) is 59.3 cm³/mol. The van der Waals surface area contributed by atoms with Crippen LogP contribution in [0.2, 0.25) is 0 Å². The second kappa shape index (κ2) is 3.93. The molecule has 2 heterocycles. The first-order chi connectivity index (χ1) is 7.56. The highest BCUT2D eigenvalue weighted by Gasteiger charge is 2.07. The van der Waals surface area contributed by atoms with Crippen LogP contribution >= 0.6 is 0 Å². The monoisotopic (exact) mass is 223 g/mol. The van der Waals surface area contributed by atoms with E-state index in [1.165, 1.54) is 0 Å². The van der Waals surface area contributed by atoms with Gasteiger partial charge in [0.15, 0.2) is 5.65 Å². The standard InChI is InChI=1S/C9H13N5O2/c1-4(10)2-3-5-11-6-7(12-5)13-9(16)14-8(6)15/h4H,2-3,10H2,1H3,(H3,11,12,13,14,15,16). The number of aromatic amines is 3. The van der Waals surface area contributed by atoms with Gasteiger partial charge in [-0.2, -0.15) is 0 Å². The number of nitrogens with two attached hydrogens (primary N) is 1. The predicted octanol–water partition coefficient (Wildman–Crippen LogP) is -0.781. The first-order valence-corrected chi connectivity index (χ1v) is 5.03. The van der Waals surface area contributed by atoms with Gasteiger partial charge in [0.05, 0.1) is 0 Å². The quantitative estimate of drug-likeness (QED) is 0.545. The van der Waals surface area contributed by atoms with Gasteiger partial charge in [0.25, 0.3) is 5.56 Å². The molecule has 1 atom stereocenters. The molecule has 0 spiro atoms. The maximum atomic E-state index is 11.4. The Kier molecular flexibility index (Phi) is 2.61. The van der Waals surface area contributed by atoms with Gasteiger partial charge in [0, 0.05) is 12.5 Å². The minimum atomic E-state index is -0.553. The van der Waals surface area contributed by atoms with E-state index in [1.807, 2.05) is 6.92 Å². The van der Waals surface area contributed by atoms with E-state index in [9.17, 15) is 9.59 Å². The summed E-state index contributed by atoms with van der Waals surface area (Å²) in [6, 6.07) is 0.0746. The Labute approximate surface area is 90.1 Å². The Bertz CT molecular complexity index is 606. The highest BCUT2D eigenvalue weighted by Crippen LogP contribution is 2.04. The van der Waals surface area contributed by atoms with Crippen LogP contribution in [-0.2, 0) is 6.42 Å². The van der Waals surface area contributed by atoms with Crippen LogP contribution in [0.1, 0.15) is 19.2 Å². The number of imidazole rings is 1. The van der Waals surface area contributed by atoms with Crippen LogP contribution in [0, 0.1) is 0 Å². The van der Waals surface area contributed by atoms with E-state index < -0.39 is 11.2 Å². The number of hydrogen-bond acceptors (Lipinski definition) is 4. The summed E-state index contributed by atoms with van der Waals surface area (Å²) in [6.07, 6.45) is 1.41. The van der Waals surface area contributed by atoms with E-state index in [1.54, 1.807) is 0 Å². The van der Waals surface area contributed by atoms with Crippen LogP contribution in [-0.4, -0.2) is 26.0 Å². The number of aryl methyl sites for hydroxylation is 1. The first-order valence-electron chi connectivity index (χ1n) is 5.03. The fraction of sp³-hybridized carbons (Fsp3) is 0.444. The zero-order valence-corrected chi connectivity index (χ0v) is 8.83. The number of aromatic nitrogens is 4. The van der Waals surface area contributed by atoms with Crippen molar-refractivity contribution >= 4 is 11.2 Å². The summed E-state index contributed by atoms with van der Waals surface area (Å²) < 4.78 is 0. The topological polar surface area (TPSA) is 120 Å². The van der Waals surface area contributed by atoms with Crippen molar-refractivity contribution in [1.82, 2.24) is 19.9 Å². The lowest BCUT2D eigenvalue weighted by atomic mass is 10.2. The SMILES string of the molecule is CC(N)CCc1nc2[nH]c(=O)[nH]c(=O)c2[nH]1. The lowest BCUT2D eigenvalue weighted by molar-refractivity contribution is 0.652. The lowest BCUT2D eigenvalue weighted by Crippen LogP contribution is -2.21. The third-order valence-electron chi connectivity index (χ3n) is 2.28. The summed E-state index contributed by atoms with van der Waals surface area (Å²) in [4.78, 5) is 33.9. The summed E-state index contributed by atoms with van der Waals surface area (Å²) in [5.74, 6) is 0.652. The number of H-pyrrole nitrogens is 3. The van der Waals surface area contributed by atoms with Crippen molar-refractivity contribution in [3.8, 4) is 0 Å². The van der Waals surface area contributed by atoms with Gasteiger partial charge in [0.2, 0.25) is 0 Å². The Morgan fingerprint density at radius 2 is 2.06 bits per heavy atom. The van der Waals surface area contributed by atoms with Crippen molar-refractivity contribution in [2.24, 2.45) is 5.73 Å². The maximum absolute atomic E-state index is 11.4. The molecule has 0 aliphatic carbocycles. The summed E-state index contributed by atoms with van der Waals surface area (Å²) in [6.45, 7) is 1.90. The van der Waals surface area contributed by atoms with Gasteiger partial charge >= 0.3 is 5.69 Å². The van der Waals surface area contributed by atoms with Gasteiger partial charge in [-0.25, -0.2) is 9.78 Å². The van der Waals surface area contributed by atoms with Gasteiger partial charge in [0.1, 0.15) is 11.3 Å². The molecule has 1 unspecified atom stereocenters. The highest BCUT2D eigenvalue weighted by atomic mass is 16.2. The molecule has 7 nitrogen and oxygen atoms in total. The Morgan fingerprint density at radius 3 is 2.75 bits per heavy atom. The molecule has 2 aromatic rings. The average molecular weight is 223 g/mol.